The molecule has 0 spiro atoms. The Balaban J connectivity index is 1.38. The van der Waals surface area contributed by atoms with Crippen LogP contribution in [0.15, 0.2) is 0 Å². The molecular weight excluding hydrogens is 512 g/mol. The van der Waals surface area contributed by atoms with Crippen LogP contribution >= 0.6 is 0 Å². The van der Waals surface area contributed by atoms with Crippen LogP contribution in [0.25, 0.3) is 0 Å². The number of nitrogens with zero attached hydrogens (tertiary/aromatic N) is 2. The van der Waals surface area contributed by atoms with E-state index in [4.69, 9.17) is 10.6 Å². The van der Waals surface area contributed by atoms with Crippen molar-refractivity contribution < 1.29 is 45.0 Å². The minimum Gasteiger partial charge on any atom is -0.394 e. The molecule has 2 amide bonds. The van der Waals surface area contributed by atoms with Crippen molar-refractivity contribution in [3.8, 4) is 0 Å². The number of rotatable bonds is 2. The topological polar surface area (TPSA) is 209 Å². The number of hydrogen-bond acceptors (Lipinski definition) is 12. The standard InChI is InChI=1S/C26H40N4O9/c27-30-24(37)15-13-8-3-1-5-10(32)17(8)28-18(13)20-14(16(15)25(30)38)9-4-2-6-11(33)19(9)29(20)26-23(36)22(35)21(34)12(7-31)39-26/h8-23,26,28,31-36H,1-7,27H2. The molecule has 17 atom stereocenters. The number of likely N-dealkylation sites (tertiary alicyclic amines) is 1. The molecule has 13 heteroatoms. The third-order valence-corrected chi connectivity index (χ3v) is 11.4. The quantitative estimate of drug-likeness (QED) is 0.0943. The third-order valence-electron chi connectivity index (χ3n) is 11.4. The number of carbonyl (C=O) groups is 2. The predicted octanol–water partition coefficient (Wildman–Crippen LogP) is -3.78. The first-order valence-electron chi connectivity index (χ1n) is 14.5. The molecule has 0 bridgehead atoms. The summed E-state index contributed by atoms with van der Waals surface area (Å²) in [5, 5.41) is 69.0. The van der Waals surface area contributed by atoms with Gasteiger partial charge in [0.25, 0.3) is 0 Å². The van der Waals surface area contributed by atoms with Crippen molar-refractivity contribution in [2.45, 2.75) is 106 Å². The van der Waals surface area contributed by atoms with Crippen LogP contribution in [0.3, 0.4) is 0 Å². The van der Waals surface area contributed by atoms with Crippen molar-refractivity contribution in [3.05, 3.63) is 0 Å². The highest BCUT2D eigenvalue weighted by molar-refractivity contribution is 6.05. The summed E-state index contributed by atoms with van der Waals surface area (Å²) in [6.07, 6.45) is -4.26. The van der Waals surface area contributed by atoms with E-state index in [2.05, 4.69) is 5.32 Å². The predicted molar refractivity (Wildman–Crippen MR) is 131 cm³/mol. The van der Waals surface area contributed by atoms with Gasteiger partial charge in [0.1, 0.15) is 30.6 Å². The van der Waals surface area contributed by atoms with E-state index in [0.717, 1.165) is 24.3 Å². The number of aliphatic hydroxyl groups is 6. The van der Waals surface area contributed by atoms with E-state index in [1.807, 2.05) is 4.90 Å². The molecule has 4 aliphatic heterocycles. The zero-order chi connectivity index (χ0) is 27.5. The van der Waals surface area contributed by atoms with Crippen LogP contribution in [0.4, 0.5) is 0 Å². The first-order valence-corrected chi connectivity index (χ1v) is 14.5. The number of imide groups is 1. The molecule has 7 aliphatic rings. The first-order chi connectivity index (χ1) is 18.7. The normalized spacial score (nSPS) is 57.1. The number of hydrazine groups is 1. The molecule has 17 unspecified atom stereocenters. The maximum atomic E-state index is 13.6. The molecule has 39 heavy (non-hydrogen) atoms. The second kappa shape index (κ2) is 9.38. The van der Waals surface area contributed by atoms with Gasteiger partial charge in [-0.25, -0.2) is 10.9 Å². The summed E-state index contributed by atoms with van der Waals surface area (Å²) in [5.41, 5.74) is 0. The van der Waals surface area contributed by atoms with Crippen LogP contribution in [0.5, 0.6) is 0 Å². The van der Waals surface area contributed by atoms with Gasteiger partial charge < -0.3 is 40.7 Å². The van der Waals surface area contributed by atoms with Crippen LogP contribution in [0.1, 0.15) is 38.5 Å². The maximum Gasteiger partial charge on any atom is 0.247 e. The molecule has 3 saturated carbocycles. The molecule has 7 rings (SSSR count). The minimum atomic E-state index is -1.60. The number of amides is 2. The Bertz CT molecular complexity index is 1020. The molecule has 0 aromatic carbocycles. The molecule has 4 saturated heterocycles. The molecule has 3 aliphatic carbocycles. The smallest absolute Gasteiger partial charge is 0.247 e. The third kappa shape index (κ3) is 3.49. The van der Waals surface area contributed by atoms with Gasteiger partial charge in [0.15, 0.2) is 0 Å². The van der Waals surface area contributed by atoms with Gasteiger partial charge in [-0.3, -0.25) is 14.5 Å². The lowest BCUT2D eigenvalue weighted by Crippen LogP contribution is -2.69. The van der Waals surface area contributed by atoms with Crippen molar-refractivity contribution in [1.29, 1.82) is 0 Å². The fourth-order valence-corrected chi connectivity index (χ4v) is 10.1. The molecule has 13 nitrogen and oxygen atoms in total. The lowest BCUT2D eigenvalue weighted by Gasteiger charge is -2.51. The van der Waals surface area contributed by atoms with E-state index in [0.29, 0.717) is 19.3 Å². The Morgan fingerprint density at radius 3 is 2.13 bits per heavy atom. The fraction of sp³-hybridized carbons (Fsp3) is 0.923. The number of ether oxygens (including phenoxy) is 1. The highest BCUT2D eigenvalue weighted by atomic mass is 16.6. The molecule has 0 aromatic heterocycles. The van der Waals surface area contributed by atoms with Crippen LogP contribution < -0.4 is 11.2 Å². The van der Waals surface area contributed by atoms with Crippen LogP contribution in [0.2, 0.25) is 0 Å². The molecule has 4 heterocycles. The van der Waals surface area contributed by atoms with E-state index in [1.54, 1.807) is 0 Å². The average molecular weight is 553 g/mol. The summed E-state index contributed by atoms with van der Waals surface area (Å²) in [6, 6.07) is -1.67. The number of nitrogens with two attached hydrogens (primary N) is 1. The van der Waals surface area contributed by atoms with Crippen LogP contribution in [-0.4, -0.2) is 126 Å². The summed E-state index contributed by atoms with van der Waals surface area (Å²) < 4.78 is 6.07. The average Bonchev–Trinajstić information content (AvgIpc) is 3.54. The van der Waals surface area contributed by atoms with Gasteiger partial charge in [0, 0.05) is 24.2 Å². The van der Waals surface area contributed by atoms with E-state index < -0.39 is 91.1 Å². The van der Waals surface area contributed by atoms with Gasteiger partial charge in [-0.15, -0.1) is 0 Å². The second-order valence-electron chi connectivity index (χ2n) is 12.9. The number of fused-ring (bicyclic) bond motifs is 10. The lowest BCUT2D eigenvalue weighted by atomic mass is 9.57. The number of carbonyl (C=O) groups excluding carboxylic acids is 2. The largest absolute Gasteiger partial charge is 0.394 e. The Morgan fingerprint density at radius 1 is 0.795 bits per heavy atom. The zero-order valence-corrected chi connectivity index (χ0v) is 21.6. The fourth-order valence-electron chi connectivity index (χ4n) is 10.1. The van der Waals surface area contributed by atoms with Crippen molar-refractivity contribution in [2.75, 3.05) is 6.61 Å². The van der Waals surface area contributed by atoms with Gasteiger partial charge in [-0.05, 0) is 49.4 Å². The Hall–Kier alpha value is -1.26. The Labute approximate surface area is 225 Å². The Morgan fingerprint density at radius 2 is 1.44 bits per heavy atom. The van der Waals surface area contributed by atoms with Crippen molar-refractivity contribution in [2.24, 2.45) is 41.4 Å². The summed E-state index contributed by atoms with van der Waals surface area (Å²) in [7, 11) is 0. The summed E-state index contributed by atoms with van der Waals surface area (Å²) in [4.78, 5) is 29.1. The molecule has 7 fully saturated rings. The maximum absolute atomic E-state index is 13.6. The summed E-state index contributed by atoms with van der Waals surface area (Å²) in [5.74, 6) is 2.91. The van der Waals surface area contributed by atoms with Gasteiger partial charge in [0.2, 0.25) is 11.8 Å². The van der Waals surface area contributed by atoms with E-state index in [1.165, 1.54) is 0 Å². The monoisotopic (exact) mass is 552 g/mol. The summed E-state index contributed by atoms with van der Waals surface area (Å²) in [6.45, 7) is -0.583. The molecule has 218 valence electrons. The number of nitrogens with one attached hydrogen (secondary N) is 1. The number of aliphatic hydroxyl groups excluding tert-OH is 6. The van der Waals surface area contributed by atoms with E-state index in [-0.39, 0.29) is 29.8 Å². The van der Waals surface area contributed by atoms with Crippen LogP contribution in [0, 0.1) is 35.5 Å². The van der Waals surface area contributed by atoms with Crippen molar-refractivity contribution >= 4 is 11.8 Å². The van der Waals surface area contributed by atoms with Gasteiger partial charge >= 0.3 is 0 Å². The second-order valence-corrected chi connectivity index (χ2v) is 12.9. The zero-order valence-electron chi connectivity index (χ0n) is 21.6. The molecule has 0 radical (unpaired) electrons. The first kappa shape index (κ1) is 26.6. The SMILES string of the molecule is NN1C(=O)C2C(C1=O)C1C3CCCC(O)C3N(C3OC(CO)C(O)C(O)C3O)C1C1NC3C(O)CCCC3C12. The molecule has 0 aromatic rings. The summed E-state index contributed by atoms with van der Waals surface area (Å²) >= 11 is 0. The van der Waals surface area contributed by atoms with Crippen molar-refractivity contribution in [1.82, 2.24) is 15.2 Å². The van der Waals surface area contributed by atoms with Gasteiger partial charge in [-0.1, -0.05) is 12.8 Å². The molecular formula is C26H40N4O9. The number of hydrogen-bond donors (Lipinski definition) is 8. The van der Waals surface area contributed by atoms with E-state index in [9.17, 15) is 40.2 Å². The molecule has 9 N–H and O–H groups in total. The Kier molecular flexibility index (Phi) is 6.40. The van der Waals surface area contributed by atoms with Crippen LogP contribution in [-0.2, 0) is 14.3 Å². The van der Waals surface area contributed by atoms with Gasteiger partial charge in [0.05, 0.1) is 30.7 Å². The lowest BCUT2D eigenvalue weighted by molar-refractivity contribution is -0.278. The highest BCUT2D eigenvalue weighted by Gasteiger charge is 2.73. The minimum absolute atomic E-state index is 0.0559. The van der Waals surface area contributed by atoms with Crippen molar-refractivity contribution in [3.63, 3.8) is 0 Å². The van der Waals surface area contributed by atoms with Gasteiger partial charge in [-0.2, -0.15) is 0 Å². The highest BCUT2D eigenvalue weighted by Crippen LogP contribution is 2.61. The van der Waals surface area contributed by atoms with E-state index >= 15 is 0 Å².